The number of nitrogens with one attached hydrogen (secondary N) is 1. The number of nitrogens with zero attached hydrogens (tertiary/aromatic N) is 3. The molecule has 3 rings (SSSR count). The summed E-state index contributed by atoms with van der Waals surface area (Å²) in [5.74, 6) is 1.04. The van der Waals surface area contributed by atoms with Gasteiger partial charge in [-0.2, -0.15) is 5.26 Å². The van der Waals surface area contributed by atoms with Crippen LogP contribution in [-0.4, -0.2) is 30.0 Å². The van der Waals surface area contributed by atoms with Gasteiger partial charge in [-0.05, 0) is 31.4 Å². The van der Waals surface area contributed by atoms with Crippen molar-refractivity contribution < 1.29 is 4.79 Å². The molecule has 1 aromatic rings. The highest BCUT2D eigenvalue weighted by Gasteiger charge is 2.41. The van der Waals surface area contributed by atoms with Crippen LogP contribution in [-0.2, 0) is 4.79 Å². The number of rotatable bonds is 1. The number of anilines is 1. The van der Waals surface area contributed by atoms with Gasteiger partial charge in [-0.15, -0.1) is 0 Å². The summed E-state index contributed by atoms with van der Waals surface area (Å²) >= 11 is 0. The first-order valence-electron chi connectivity index (χ1n) is 6.63. The Balaban J connectivity index is 1.93. The number of aromatic nitrogens is 1. The Morgan fingerprint density at radius 3 is 3.16 bits per heavy atom. The van der Waals surface area contributed by atoms with Gasteiger partial charge in [-0.3, -0.25) is 4.79 Å². The molecule has 19 heavy (non-hydrogen) atoms. The smallest absolute Gasteiger partial charge is 0.225 e. The van der Waals surface area contributed by atoms with Gasteiger partial charge in [0.1, 0.15) is 17.6 Å². The molecule has 1 amide bonds. The monoisotopic (exact) mass is 256 g/mol. The number of nitriles is 1. The molecule has 0 spiro atoms. The molecule has 0 aromatic carbocycles. The summed E-state index contributed by atoms with van der Waals surface area (Å²) in [6.07, 6.45) is 1.94. The second-order valence-electron chi connectivity index (χ2n) is 5.20. The lowest BCUT2D eigenvalue weighted by molar-refractivity contribution is -0.122. The number of hydrogen-bond donors (Lipinski definition) is 1. The molecule has 0 unspecified atom stereocenters. The van der Waals surface area contributed by atoms with Gasteiger partial charge in [0.25, 0.3) is 0 Å². The molecule has 0 bridgehead atoms. The van der Waals surface area contributed by atoms with Crippen LogP contribution in [0.3, 0.4) is 0 Å². The zero-order chi connectivity index (χ0) is 13.4. The van der Waals surface area contributed by atoms with Crippen molar-refractivity contribution in [2.24, 2.45) is 5.92 Å². The minimum atomic E-state index is 0.0717. The third-order valence-electron chi connectivity index (χ3n) is 4.08. The molecule has 2 atom stereocenters. The standard InChI is InChI=1S/C14H16N4O/c1-9-4-5-13(17-11(9)7-15)18-6-2-3-10-12(18)8-16-14(10)19/h4-5,10,12H,2-3,6,8H2,1H3,(H,16,19)/t10-,12-/m1/s1. The van der Waals surface area contributed by atoms with E-state index in [0.717, 1.165) is 30.8 Å². The van der Waals surface area contributed by atoms with Crippen molar-refractivity contribution in [1.82, 2.24) is 10.3 Å². The van der Waals surface area contributed by atoms with E-state index in [0.29, 0.717) is 12.2 Å². The number of hydrogen-bond acceptors (Lipinski definition) is 4. The zero-order valence-corrected chi connectivity index (χ0v) is 10.9. The van der Waals surface area contributed by atoms with Gasteiger partial charge in [0.2, 0.25) is 5.91 Å². The number of pyridine rings is 1. The second kappa shape index (κ2) is 4.54. The van der Waals surface area contributed by atoms with E-state index in [9.17, 15) is 4.79 Å². The Hall–Kier alpha value is -2.09. The highest BCUT2D eigenvalue weighted by atomic mass is 16.2. The van der Waals surface area contributed by atoms with Gasteiger partial charge in [0.05, 0.1) is 12.0 Å². The Morgan fingerprint density at radius 2 is 2.37 bits per heavy atom. The largest absolute Gasteiger partial charge is 0.354 e. The molecule has 2 saturated heterocycles. The van der Waals surface area contributed by atoms with E-state index in [2.05, 4.69) is 21.3 Å². The number of amides is 1. The Morgan fingerprint density at radius 1 is 1.53 bits per heavy atom. The highest BCUT2D eigenvalue weighted by molar-refractivity contribution is 5.83. The predicted octanol–water partition coefficient (Wildman–Crippen LogP) is 0.976. The minimum absolute atomic E-state index is 0.0717. The SMILES string of the molecule is Cc1ccc(N2CCC[C@H]3C(=O)NC[C@H]32)nc1C#N. The molecule has 0 saturated carbocycles. The lowest BCUT2D eigenvalue weighted by atomic mass is 9.91. The number of piperidine rings is 1. The second-order valence-corrected chi connectivity index (χ2v) is 5.20. The molecule has 1 N–H and O–H groups in total. The van der Waals surface area contributed by atoms with Gasteiger partial charge in [0.15, 0.2) is 0 Å². The molecular formula is C14H16N4O. The van der Waals surface area contributed by atoms with Crippen LogP contribution in [0.2, 0.25) is 0 Å². The fourth-order valence-corrected chi connectivity index (χ4v) is 3.03. The summed E-state index contributed by atoms with van der Waals surface area (Å²) in [6.45, 7) is 3.47. The summed E-state index contributed by atoms with van der Waals surface area (Å²) in [4.78, 5) is 18.4. The van der Waals surface area contributed by atoms with Crippen LogP contribution in [0, 0.1) is 24.2 Å². The molecular weight excluding hydrogens is 240 g/mol. The van der Waals surface area contributed by atoms with Crippen LogP contribution >= 0.6 is 0 Å². The number of aryl methyl sites for hydroxylation is 1. The lowest BCUT2D eigenvalue weighted by Gasteiger charge is -2.36. The molecule has 5 heteroatoms. The van der Waals surface area contributed by atoms with Crippen molar-refractivity contribution in [3.05, 3.63) is 23.4 Å². The fraction of sp³-hybridized carbons (Fsp3) is 0.500. The first-order valence-corrected chi connectivity index (χ1v) is 6.63. The van der Waals surface area contributed by atoms with Crippen molar-refractivity contribution in [3.8, 4) is 6.07 Å². The molecule has 1 aromatic heterocycles. The van der Waals surface area contributed by atoms with Crippen molar-refractivity contribution in [2.75, 3.05) is 18.0 Å². The fourth-order valence-electron chi connectivity index (χ4n) is 3.03. The normalized spacial score (nSPS) is 25.7. The number of fused-ring (bicyclic) bond motifs is 1. The maximum atomic E-state index is 11.8. The van der Waals surface area contributed by atoms with E-state index < -0.39 is 0 Å². The van der Waals surface area contributed by atoms with Crippen molar-refractivity contribution in [1.29, 1.82) is 5.26 Å². The third-order valence-corrected chi connectivity index (χ3v) is 4.08. The van der Waals surface area contributed by atoms with Crippen LogP contribution in [0.4, 0.5) is 5.82 Å². The van der Waals surface area contributed by atoms with Crippen LogP contribution in [0.1, 0.15) is 24.1 Å². The maximum Gasteiger partial charge on any atom is 0.225 e. The quantitative estimate of drug-likeness (QED) is 0.813. The molecule has 2 fully saturated rings. The molecule has 2 aliphatic heterocycles. The lowest BCUT2D eigenvalue weighted by Crippen LogP contribution is -2.46. The third kappa shape index (κ3) is 1.93. The predicted molar refractivity (Wildman–Crippen MR) is 70.6 cm³/mol. The van der Waals surface area contributed by atoms with Crippen molar-refractivity contribution in [2.45, 2.75) is 25.8 Å². The van der Waals surface area contributed by atoms with E-state index in [1.54, 1.807) is 0 Å². The zero-order valence-electron chi connectivity index (χ0n) is 10.9. The van der Waals surface area contributed by atoms with E-state index in [1.165, 1.54) is 0 Å². The molecule has 98 valence electrons. The van der Waals surface area contributed by atoms with Crippen molar-refractivity contribution >= 4 is 11.7 Å². The van der Waals surface area contributed by atoms with Gasteiger partial charge in [0, 0.05) is 13.1 Å². The first kappa shape index (κ1) is 12.0. The number of carbonyl (C=O) groups excluding carboxylic acids is 1. The summed E-state index contributed by atoms with van der Waals surface area (Å²) in [7, 11) is 0. The van der Waals surface area contributed by atoms with E-state index >= 15 is 0 Å². The number of carbonyl (C=O) groups is 1. The van der Waals surface area contributed by atoms with E-state index in [-0.39, 0.29) is 17.9 Å². The molecule has 0 radical (unpaired) electrons. The molecule has 3 heterocycles. The summed E-state index contributed by atoms with van der Waals surface area (Å²) in [5, 5.41) is 12.0. The topological polar surface area (TPSA) is 69.0 Å². The average molecular weight is 256 g/mol. The van der Waals surface area contributed by atoms with Gasteiger partial charge < -0.3 is 10.2 Å². The van der Waals surface area contributed by atoms with Crippen LogP contribution in [0.5, 0.6) is 0 Å². The Kier molecular flexibility index (Phi) is 2.86. The first-order chi connectivity index (χ1) is 9.20. The van der Waals surface area contributed by atoms with Gasteiger partial charge in [-0.1, -0.05) is 6.07 Å². The van der Waals surface area contributed by atoms with E-state index in [1.807, 2.05) is 19.1 Å². The summed E-state index contributed by atoms with van der Waals surface area (Å²) in [5.41, 5.74) is 1.36. The van der Waals surface area contributed by atoms with Crippen LogP contribution < -0.4 is 10.2 Å². The van der Waals surface area contributed by atoms with Crippen LogP contribution in [0.15, 0.2) is 12.1 Å². The molecule has 0 aliphatic carbocycles. The Labute approximate surface area is 112 Å². The highest BCUT2D eigenvalue weighted by Crippen LogP contribution is 2.30. The molecule has 2 aliphatic rings. The summed E-state index contributed by atoms with van der Waals surface area (Å²) in [6, 6.07) is 6.18. The average Bonchev–Trinajstić information content (AvgIpc) is 2.81. The van der Waals surface area contributed by atoms with Gasteiger partial charge in [-0.25, -0.2) is 4.98 Å². The molecule has 5 nitrogen and oxygen atoms in total. The van der Waals surface area contributed by atoms with Crippen molar-refractivity contribution in [3.63, 3.8) is 0 Å². The summed E-state index contributed by atoms with van der Waals surface area (Å²) < 4.78 is 0. The maximum absolute atomic E-state index is 11.8. The van der Waals surface area contributed by atoms with E-state index in [4.69, 9.17) is 5.26 Å². The van der Waals surface area contributed by atoms with Gasteiger partial charge >= 0.3 is 0 Å². The minimum Gasteiger partial charge on any atom is -0.354 e. The van der Waals surface area contributed by atoms with Crippen LogP contribution in [0.25, 0.3) is 0 Å². The Bertz CT molecular complexity index is 563.